The summed E-state index contributed by atoms with van der Waals surface area (Å²) in [6.45, 7) is 2.12. The maximum absolute atomic E-state index is 13.0. The van der Waals surface area contributed by atoms with Crippen LogP contribution in [0.25, 0.3) is 10.8 Å². The highest BCUT2D eigenvalue weighted by atomic mass is 16.5. The number of morpholine rings is 1. The monoisotopic (exact) mass is 354 g/mol. The number of rotatable bonds is 5. The van der Waals surface area contributed by atoms with E-state index in [-0.39, 0.29) is 24.5 Å². The van der Waals surface area contributed by atoms with Gasteiger partial charge in [-0.1, -0.05) is 24.3 Å². The second kappa shape index (κ2) is 7.33. The van der Waals surface area contributed by atoms with Crippen molar-refractivity contribution in [2.75, 3.05) is 32.9 Å². The van der Waals surface area contributed by atoms with Crippen LogP contribution >= 0.6 is 0 Å². The lowest BCUT2D eigenvalue weighted by atomic mass is 10.0. The molecule has 6 nitrogen and oxygen atoms in total. The fourth-order valence-corrected chi connectivity index (χ4v) is 3.08. The molecule has 2 fully saturated rings. The number of carbonyl (C=O) groups excluding carboxylic acids is 2. The van der Waals surface area contributed by atoms with Gasteiger partial charge in [0.1, 0.15) is 5.75 Å². The van der Waals surface area contributed by atoms with E-state index >= 15 is 0 Å². The van der Waals surface area contributed by atoms with Gasteiger partial charge in [-0.15, -0.1) is 0 Å². The molecule has 1 saturated heterocycles. The Kier molecular flexibility index (Phi) is 4.75. The summed E-state index contributed by atoms with van der Waals surface area (Å²) in [5.74, 6) is 0.216. The van der Waals surface area contributed by atoms with Crippen molar-refractivity contribution in [1.82, 2.24) is 10.2 Å². The summed E-state index contributed by atoms with van der Waals surface area (Å²) in [5.41, 5.74) is 0.491. The molecule has 0 spiro atoms. The molecular formula is C20H22N2O4. The van der Waals surface area contributed by atoms with Crippen LogP contribution in [0.2, 0.25) is 0 Å². The molecule has 26 heavy (non-hydrogen) atoms. The van der Waals surface area contributed by atoms with Gasteiger partial charge in [0.15, 0.2) is 6.61 Å². The Bertz CT molecular complexity index is 826. The SMILES string of the molecule is O=C(COc1cc2ccccc2cc1C(=O)N1CCOCC1)NC1CC1. The molecule has 0 aromatic heterocycles. The molecule has 1 N–H and O–H groups in total. The Hall–Kier alpha value is -2.60. The average Bonchev–Trinajstić information content (AvgIpc) is 3.49. The quantitative estimate of drug-likeness (QED) is 0.891. The van der Waals surface area contributed by atoms with Gasteiger partial charge in [-0.3, -0.25) is 9.59 Å². The Balaban J connectivity index is 1.59. The highest BCUT2D eigenvalue weighted by Gasteiger charge is 2.25. The molecule has 6 heteroatoms. The van der Waals surface area contributed by atoms with Crippen molar-refractivity contribution in [3.8, 4) is 5.75 Å². The van der Waals surface area contributed by atoms with Gasteiger partial charge in [0.25, 0.3) is 11.8 Å². The molecule has 1 aliphatic carbocycles. The van der Waals surface area contributed by atoms with E-state index in [2.05, 4.69) is 5.32 Å². The molecule has 2 aliphatic rings. The standard InChI is InChI=1S/C20H22N2O4/c23-19(21-16-5-6-16)13-26-18-12-15-4-2-1-3-14(15)11-17(18)20(24)22-7-9-25-10-8-22/h1-4,11-12,16H,5-10,13H2,(H,21,23). The van der Waals surface area contributed by atoms with Crippen LogP contribution in [0.3, 0.4) is 0 Å². The average molecular weight is 354 g/mol. The zero-order chi connectivity index (χ0) is 17.9. The van der Waals surface area contributed by atoms with Crippen LogP contribution in [0.4, 0.5) is 0 Å². The van der Waals surface area contributed by atoms with Gasteiger partial charge >= 0.3 is 0 Å². The third kappa shape index (κ3) is 3.80. The number of carbonyl (C=O) groups is 2. The molecule has 2 aromatic rings. The minimum absolute atomic E-state index is 0.0851. The van der Waals surface area contributed by atoms with E-state index in [1.165, 1.54) is 0 Å². The number of fused-ring (bicyclic) bond motifs is 1. The first-order valence-electron chi connectivity index (χ1n) is 9.03. The summed E-state index contributed by atoms with van der Waals surface area (Å²) < 4.78 is 11.1. The molecule has 1 heterocycles. The van der Waals surface area contributed by atoms with Crippen molar-refractivity contribution in [2.24, 2.45) is 0 Å². The van der Waals surface area contributed by atoms with Gasteiger partial charge in [-0.25, -0.2) is 0 Å². The summed E-state index contributed by atoms with van der Waals surface area (Å²) >= 11 is 0. The van der Waals surface area contributed by atoms with Crippen LogP contribution < -0.4 is 10.1 Å². The van der Waals surface area contributed by atoms with Crippen LogP contribution in [-0.4, -0.2) is 55.7 Å². The van der Waals surface area contributed by atoms with Crippen molar-refractivity contribution in [2.45, 2.75) is 18.9 Å². The van der Waals surface area contributed by atoms with Gasteiger partial charge in [-0.05, 0) is 35.7 Å². The molecule has 4 rings (SSSR count). The second-order valence-electron chi connectivity index (χ2n) is 6.73. The molecule has 1 saturated carbocycles. The largest absolute Gasteiger partial charge is 0.483 e. The topological polar surface area (TPSA) is 67.9 Å². The highest BCUT2D eigenvalue weighted by molar-refractivity contribution is 6.01. The van der Waals surface area contributed by atoms with E-state index in [0.29, 0.717) is 37.6 Å². The summed E-state index contributed by atoms with van der Waals surface area (Å²) in [6.07, 6.45) is 2.06. The predicted octanol–water partition coefficient (Wildman–Crippen LogP) is 1.97. The van der Waals surface area contributed by atoms with Gasteiger partial charge in [0.05, 0.1) is 18.8 Å². The minimum atomic E-state index is -0.148. The van der Waals surface area contributed by atoms with E-state index in [9.17, 15) is 9.59 Å². The molecule has 0 atom stereocenters. The first-order chi connectivity index (χ1) is 12.7. The molecule has 0 bridgehead atoms. The Morgan fingerprint density at radius 1 is 1.12 bits per heavy atom. The lowest BCUT2D eigenvalue weighted by Crippen LogP contribution is -2.41. The van der Waals surface area contributed by atoms with Crippen LogP contribution in [-0.2, 0) is 9.53 Å². The van der Waals surface area contributed by atoms with Crippen molar-refractivity contribution in [3.63, 3.8) is 0 Å². The third-order valence-corrected chi connectivity index (χ3v) is 4.68. The molecule has 0 radical (unpaired) electrons. The van der Waals surface area contributed by atoms with E-state index in [4.69, 9.17) is 9.47 Å². The van der Waals surface area contributed by atoms with Crippen molar-refractivity contribution in [1.29, 1.82) is 0 Å². The van der Waals surface area contributed by atoms with E-state index in [1.54, 1.807) is 4.90 Å². The van der Waals surface area contributed by atoms with Gasteiger partial charge in [-0.2, -0.15) is 0 Å². The molecule has 0 unspecified atom stereocenters. The lowest BCUT2D eigenvalue weighted by molar-refractivity contribution is -0.123. The smallest absolute Gasteiger partial charge is 0.258 e. The number of ether oxygens (including phenoxy) is 2. The maximum atomic E-state index is 13.0. The number of nitrogens with zero attached hydrogens (tertiary/aromatic N) is 1. The van der Waals surface area contributed by atoms with Crippen molar-refractivity contribution in [3.05, 3.63) is 42.0 Å². The Morgan fingerprint density at radius 3 is 2.50 bits per heavy atom. The van der Waals surface area contributed by atoms with Gasteiger partial charge in [0, 0.05) is 19.1 Å². The first-order valence-corrected chi connectivity index (χ1v) is 9.03. The van der Waals surface area contributed by atoms with E-state index in [0.717, 1.165) is 23.6 Å². The first kappa shape index (κ1) is 16.8. The van der Waals surface area contributed by atoms with Crippen molar-refractivity contribution >= 4 is 22.6 Å². The molecule has 2 amide bonds. The van der Waals surface area contributed by atoms with Crippen LogP contribution in [0.5, 0.6) is 5.75 Å². The van der Waals surface area contributed by atoms with Crippen LogP contribution in [0.1, 0.15) is 23.2 Å². The molecule has 1 aliphatic heterocycles. The second-order valence-corrected chi connectivity index (χ2v) is 6.73. The maximum Gasteiger partial charge on any atom is 0.258 e. The number of benzene rings is 2. The summed E-state index contributed by atoms with van der Waals surface area (Å²) in [7, 11) is 0. The lowest BCUT2D eigenvalue weighted by Gasteiger charge is -2.27. The van der Waals surface area contributed by atoms with Crippen molar-refractivity contribution < 1.29 is 19.1 Å². The van der Waals surface area contributed by atoms with Crippen LogP contribution in [0.15, 0.2) is 36.4 Å². The highest BCUT2D eigenvalue weighted by Crippen LogP contribution is 2.28. The fraction of sp³-hybridized carbons (Fsp3) is 0.400. The van der Waals surface area contributed by atoms with E-state index < -0.39 is 0 Å². The molecule has 136 valence electrons. The van der Waals surface area contributed by atoms with E-state index in [1.807, 2.05) is 36.4 Å². The normalized spacial score (nSPS) is 17.2. The van der Waals surface area contributed by atoms with Gasteiger partial charge < -0.3 is 19.7 Å². The van der Waals surface area contributed by atoms with Gasteiger partial charge in [0.2, 0.25) is 0 Å². The van der Waals surface area contributed by atoms with Crippen LogP contribution in [0, 0.1) is 0 Å². The third-order valence-electron chi connectivity index (χ3n) is 4.68. The number of hydrogen-bond acceptors (Lipinski definition) is 4. The number of amides is 2. The molecular weight excluding hydrogens is 332 g/mol. The summed E-state index contributed by atoms with van der Waals surface area (Å²) in [4.78, 5) is 26.7. The summed E-state index contributed by atoms with van der Waals surface area (Å²) in [6, 6.07) is 11.8. The number of hydrogen-bond donors (Lipinski definition) is 1. The zero-order valence-electron chi connectivity index (χ0n) is 14.6. The predicted molar refractivity (Wildman–Crippen MR) is 97.3 cm³/mol. The number of nitrogens with one attached hydrogen (secondary N) is 1. The molecule has 2 aromatic carbocycles. The Morgan fingerprint density at radius 2 is 1.81 bits per heavy atom. The Labute approximate surface area is 152 Å². The fourth-order valence-electron chi connectivity index (χ4n) is 3.08. The zero-order valence-corrected chi connectivity index (χ0v) is 14.6. The summed E-state index contributed by atoms with van der Waals surface area (Å²) in [5, 5.41) is 4.84. The minimum Gasteiger partial charge on any atom is -0.483 e.